The summed E-state index contributed by atoms with van der Waals surface area (Å²) in [5, 5.41) is 11.1. The SMILES string of the molecule is CC(C)C(C#N)N1CCN(C(=O)Cn2ccc3ccc(Cl)cc32)CC1. The summed E-state index contributed by atoms with van der Waals surface area (Å²) in [7, 11) is 0. The van der Waals surface area contributed by atoms with Crippen LogP contribution in [-0.4, -0.2) is 52.5 Å². The van der Waals surface area contributed by atoms with Crippen LogP contribution in [0.2, 0.25) is 5.02 Å². The van der Waals surface area contributed by atoms with Gasteiger partial charge in [0.25, 0.3) is 0 Å². The molecule has 1 atom stereocenters. The van der Waals surface area contributed by atoms with Crippen molar-refractivity contribution in [2.75, 3.05) is 26.2 Å². The number of hydrogen-bond acceptors (Lipinski definition) is 3. The molecular formula is C19H23ClN4O. The Labute approximate surface area is 153 Å². The average molecular weight is 359 g/mol. The predicted octanol–water partition coefficient (Wildman–Crippen LogP) is 2.99. The van der Waals surface area contributed by atoms with Gasteiger partial charge in [-0.1, -0.05) is 31.5 Å². The molecule has 1 aromatic carbocycles. The Morgan fingerprint density at radius 1 is 1.24 bits per heavy atom. The van der Waals surface area contributed by atoms with Crippen LogP contribution in [0.15, 0.2) is 30.5 Å². The van der Waals surface area contributed by atoms with Crippen molar-refractivity contribution in [3.63, 3.8) is 0 Å². The number of piperazine rings is 1. The van der Waals surface area contributed by atoms with Gasteiger partial charge < -0.3 is 9.47 Å². The largest absolute Gasteiger partial charge is 0.339 e. The zero-order valence-corrected chi connectivity index (χ0v) is 15.4. The number of nitriles is 1. The lowest BCUT2D eigenvalue weighted by atomic mass is 10.0. The summed E-state index contributed by atoms with van der Waals surface area (Å²) in [6.07, 6.45) is 1.93. The van der Waals surface area contributed by atoms with Gasteiger partial charge in [0, 0.05) is 42.9 Å². The van der Waals surface area contributed by atoms with Crippen LogP contribution in [0.3, 0.4) is 0 Å². The number of carbonyl (C=O) groups is 1. The van der Waals surface area contributed by atoms with Gasteiger partial charge in [-0.25, -0.2) is 0 Å². The Morgan fingerprint density at radius 2 is 1.96 bits per heavy atom. The Hall–Kier alpha value is -2.03. The van der Waals surface area contributed by atoms with Crippen molar-refractivity contribution in [1.29, 1.82) is 5.26 Å². The second-order valence-corrected chi connectivity index (χ2v) is 7.32. The van der Waals surface area contributed by atoms with Crippen LogP contribution in [0.4, 0.5) is 0 Å². The molecule has 1 amide bonds. The molecule has 5 nitrogen and oxygen atoms in total. The second-order valence-electron chi connectivity index (χ2n) is 6.88. The topological polar surface area (TPSA) is 52.3 Å². The van der Waals surface area contributed by atoms with Gasteiger partial charge in [-0.05, 0) is 29.5 Å². The van der Waals surface area contributed by atoms with Crippen molar-refractivity contribution in [2.24, 2.45) is 5.92 Å². The molecule has 2 heterocycles. The summed E-state index contributed by atoms with van der Waals surface area (Å²) >= 11 is 6.08. The fourth-order valence-corrected chi connectivity index (χ4v) is 3.61. The van der Waals surface area contributed by atoms with E-state index in [0.29, 0.717) is 30.6 Å². The summed E-state index contributed by atoms with van der Waals surface area (Å²) in [6.45, 7) is 7.28. The van der Waals surface area contributed by atoms with E-state index in [9.17, 15) is 10.1 Å². The number of nitrogens with zero attached hydrogens (tertiary/aromatic N) is 4. The summed E-state index contributed by atoms with van der Waals surface area (Å²) in [4.78, 5) is 16.7. The van der Waals surface area contributed by atoms with Crippen LogP contribution < -0.4 is 0 Å². The van der Waals surface area contributed by atoms with E-state index in [1.165, 1.54) is 0 Å². The minimum Gasteiger partial charge on any atom is -0.339 e. The quantitative estimate of drug-likeness (QED) is 0.844. The number of fused-ring (bicyclic) bond motifs is 1. The van der Waals surface area contributed by atoms with E-state index in [1.807, 2.05) is 39.9 Å². The molecule has 3 rings (SSSR count). The third-order valence-electron chi connectivity index (χ3n) is 4.87. The zero-order chi connectivity index (χ0) is 18.0. The average Bonchev–Trinajstić information content (AvgIpc) is 2.98. The number of amides is 1. The summed E-state index contributed by atoms with van der Waals surface area (Å²) in [6, 6.07) is 10.0. The maximum absolute atomic E-state index is 12.7. The van der Waals surface area contributed by atoms with Crippen molar-refractivity contribution in [1.82, 2.24) is 14.4 Å². The van der Waals surface area contributed by atoms with Crippen LogP contribution in [-0.2, 0) is 11.3 Å². The van der Waals surface area contributed by atoms with Crippen LogP contribution in [0.1, 0.15) is 13.8 Å². The molecule has 1 aliphatic heterocycles. The highest BCUT2D eigenvalue weighted by atomic mass is 35.5. The molecule has 0 spiro atoms. The van der Waals surface area contributed by atoms with Gasteiger partial charge >= 0.3 is 0 Å². The molecule has 1 unspecified atom stereocenters. The van der Waals surface area contributed by atoms with E-state index in [4.69, 9.17) is 11.6 Å². The van der Waals surface area contributed by atoms with Crippen molar-refractivity contribution in [2.45, 2.75) is 26.4 Å². The summed E-state index contributed by atoms with van der Waals surface area (Å²) in [5.41, 5.74) is 0.976. The highest BCUT2D eigenvalue weighted by Gasteiger charge is 2.27. The van der Waals surface area contributed by atoms with Crippen LogP contribution in [0, 0.1) is 17.2 Å². The highest BCUT2D eigenvalue weighted by Crippen LogP contribution is 2.21. The van der Waals surface area contributed by atoms with Crippen LogP contribution in [0.5, 0.6) is 0 Å². The number of carbonyl (C=O) groups excluding carboxylic acids is 1. The maximum Gasteiger partial charge on any atom is 0.242 e. The summed E-state index contributed by atoms with van der Waals surface area (Å²) in [5.74, 6) is 0.401. The molecule has 0 bridgehead atoms. The molecule has 6 heteroatoms. The van der Waals surface area contributed by atoms with E-state index in [2.05, 4.69) is 24.8 Å². The van der Waals surface area contributed by atoms with E-state index < -0.39 is 0 Å². The fourth-order valence-electron chi connectivity index (χ4n) is 3.44. The fraction of sp³-hybridized carbons (Fsp3) is 0.474. The molecule has 132 valence electrons. The first-order chi connectivity index (χ1) is 12.0. The number of rotatable bonds is 4. The van der Waals surface area contributed by atoms with Crippen LogP contribution in [0.25, 0.3) is 10.9 Å². The molecule has 1 saturated heterocycles. The van der Waals surface area contributed by atoms with Crippen molar-refractivity contribution < 1.29 is 4.79 Å². The molecular weight excluding hydrogens is 336 g/mol. The van der Waals surface area contributed by atoms with Gasteiger partial charge in [0.1, 0.15) is 12.6 Å². The van der Waals surface area contributed by atoms with E-state index in [0.717, 1.165) is 24.0 Å². The Morgan fingerprint density at radius 3 is 2.60 bits per heavy atom. The van der Waals surface area contributed by atoms with E-state index in [-0.39, 0.29) is 11.9 Å². The lowest BCUT2D eigenvalue weighted by molar-refractivity contribution is -0.133. The van der Waals surface area contributed by atoms with Gasteiger partial charge in [-0.15, -0.1) is 0 Å². The molecule has 0 N–H and O–H groups in total. The Bertz CT molecular complexity index is 799. The maximum atomic E-state index is 12.7. The Balaban J connectivity index is 1.63. The van der Waals surface area contributed by atoms with Crippen molar-refractivity contribution in [3.8, 4) is 6.07 Å². The standard InChI is InChI=1S/C19H23ClN4O/c1-14(2)18(12-21)22-7-9-23(10-8-22)19(25)13-24-6-5-15-3-4-16(20)11-17(15)24/h3-6,11,14,18H,7-10,13H2,1-2H3. The first-order valence-corrected chi connectivity index (χ1v) is 9.03. The van der Waals surface area contributed by atoms with Gasteiger partial charge in [-0.2, -0.15) is 5.26 Å². The minimum absolute atomic E-state index is 0.0761. The molecule has 1 fully saturated rings. The van der Waals surface area contributed by atoms with E-state index in [1.54, 1.807) is 0 Å². The highest BCUT2D eigenvalue weighted by molar-refractivity contribution is 6.31. The number of aromatic nitrogens is 1. The number of benzene rings is 1. The molecule has 25 heavy (non-hydrogen) atoms. The van der Waals surface area contributed by atoms with Gasteiger partial charge in [0.2, 0.25) is 5.91 Å². The molecule has 0 radical (unpaired) electrons. The Kier molecular flexibility index (Phi) is 5.31. The normalized spacial score (nSPS) is 17.0. The lowest BCUT2D eigenvalue weighted by Crippen LogP contribution is -2.53. The van der Waals surface area contributed by atoms with Crippen molar-refractivity contribution in [3.05, 3.63) is 35.5 Å². The zero-order valence-electron chi connectivity index (χ0n) is 14.7. The minimum atomic E-state index is -0.0761. The van der Waals surface area contributed by atoms with E-state index >= 15 is 0 Å². The smallest absolute Gasteiger partial charge is 0.242 e. The second kappa shape index (κ2) is 7.47. The van der Waals surface area contributed by atoms with Gasteiger partial charge in [0.15, 0.2) is 0 Å². The molecule has 1 aromatic heterocycles. The molecule has 0 saturated carbocycles. The lowest BCUT2D eigenvalue weighted by Gasteiger charge is -2.38. The first kappa shape index (κ1) is 17.8. The monoisotopic (exact) mass is 358 g/mol. The first-order valence-electron chi connectivity index (χ1n) is 8.65. The third kappa shape index (κ3) is 3.81. The van der Waals surface area contributed by atoms with Gasteiger partial charge in [0.05, 0.1) is 6.07 Å². The number of hydrogen-bond donors (Lipinski definition) is 0. The van der Waals surface area contributed by atoms with Gasteiger partial charge in [-0.3, -0.25) is 9.69 Å². The van der Waals surface area contributed by atoms with Crippen molar-refractivity contribution >= 4 is 28.4 Å². The number of halogens is 1. The molecule has 2 aromatic rings. The molecule has 1 aliphatic rings. The third-order valence-corrected chi connectivity index (χ3v) is 5.10. The summed E-state index contributed by atoms with van der Waals surface area (Å²) < 4.78 is 1.95. The van der Waals surface area contributed by atoms with Crippen LogP contribution >= 0.6 is 11.6 Å². The predicted molar refractivity (Wildman–Crippen MR) is 99.3 cm³/mol. The molecule has 0 aliphatic carbocycles.